The number of hydrogen-bond acceptors (Lipinski definition) is 4. The van der Waals surface area contributed by atoms with Crippen molar-refractivity contribution in [1.29, 1.82) is 0 Å². The second-order valence-electron chi connectivity index (χ2n) is 4.21. The standard InChI is InChI=1S/C11H14O4/c1-6-4-9(13)7(5-8(6)12)11(2,3)10(14)15/h4-5,10,14-15H,1-3H3. The smallest absolute Gasteiger partial charge is 0.183 e. The summed E-state index contributed by atoms with van der Waals surface area (Å²) in [6.07, 6.45) is 0.728. The number of carbonyl (C=O) groups is 2. The molecule has 2 N–H and O–H groups in total. The third-order valence-electron chi connectivity index (χ3n) is 2.62. The van der Waals surface area contributed by atoms with E-state index in [0.29, 0.717) is 5.57 Å². The molecule has 0 fully saturated rings. The Kier molecular flexibility index (Phi) is 2.93. The summed E-state index contributed by atoms with van der Waals surface area (Å²) >= 11 is 0. The molecule has 0 aromatic heterocycles. The normalized spacial score (nSPS) is 18.0. The van der Waals surface area contributed by atoms with Crippen molar-refractivity contribution in [3.63, 3.8) is 0 Å². The molecule has 0 unspecified atom stereocenters. The second-order valence-corrected chi connectivity index (χ2v) is 4.21. The summed E-state index contributed by atoms with van der Waals surface area (Å²) in [4.78, 5) is 22.9. The number of aliphatic hydroxyl groups is 2. The summed E-state index contributed by atoms with van der Waals surface area (Å²) in [5.41, 5.74) is -0.635. The summed E-state index contributed by atoms with van der Waals surface area (Å²) in [5.74, 6) is -0.608. The van der Waals surface area contributed by atoms with Crippen molar-refractivity contribution in [3.05, 3.63) is 23.3 Å². The van der Waals surface area contributed by atoms with Gasteiger partial charge in [0, 0.05) is 16.6 Å². The van der Waals surface area contributed by atoms with E-state index in [0.717, 1.165) is 0 Å². The SMILES string of the molecule is CC1=CC(=O)C(C(C)(C)C(O)O)=CC1=O. The molecule has 15 heavy (non-hydrogen) atoms. The van der Waals surface area contributed by atoms with Gasteiger partial charge in [-0.2, -0.15) is 0 Å². The van der Waals surface area contributed by atoms with E-state index in [1.807, 2.05) is 0 Å². The van der Waals surface area contributed by atoms with Crippen molar-refractivity contribution in [2.75, 3.05) is 0 Å². The van der Waals surface area contributed by atoms with Crippen LogP contribution in [0.25, 0.3) is 0 Å². The van der Waals surface area contributed by atoms with Crippen molar-refractivity contribution >= 4 is 11.6 Å². The van der Waals surface area contributed by atoms with Crippen LogP contribution < -0.4 is 0 Å². The Bertz CT molecular complexity index is 372. The minimum Gasteiger partial charge on any atom is -0.367 e. The van der Waals surface area contributed by atoms with Crippen molar-refractivity contribution in [2.45, 2.75) is 27.1 Å². The fourth-order valence-corrected chi connectivity index (χ4v) is 1.30. The van der Waals surface area contributed by atoms with Crippen LogP contribution in [0, 0.1) is 5.41 Å². The fraction of sp³-hybridized carbons (Fsp3) is 0.455. The van der Waals surface area contributed by atoms with E-state index >= 15 is 0 Å². The number of ketones is 2. The van der Waals surface area contributed by atoms with E-state index in [1.54, 1.807) is 6.92 Å². The lowest BCUT2D eigenvalue weighted by molar-refractivity contribution is -0.125. The molecule has 0 amide bonds. The highest BCUT2D eigenvalue weighted by atomic mass is 16.5. The van der Waals surface area contributed by atoms with Crippen LogP contribution in [0.3, 0.4) is 0 Å². The Labute approximate surface area is 87.9 Å². The third-order valence-corrected chi connectivity index (χ3v) is 2.62. The first-order chi connectivity index (χ1) is 6.76. The largest absolute Gasteiger partial charge is 0.367 e. The van der Waals surface area contributed by atoms with Crippen LogP contribution in [-0.4, -0.2) is 28.1 Å². The Morgan fingerprint density at radius 2 is 1.67 bits per heavy atom. The number of hydrogen-bond donors (Lipinski definition) is 2. The van der Waals surface area contributed by atoms with Gasteiger partial charge in [-0.3, -0.25) is 9.59 Å². The zero-order chi connectivity index (χ0) is 11.8. The molecule has 0 aliphatic heterocycles. The first kappa shape index (κ1) is 11.8. The Hall–Kier alpha value is -1.26. The molecule has 0 saturated carbocycles. The molecular weight excluding hydrogens is 196 g/mol. The first-order valence-corrected chi connectivity index (χ1v) is 4.62. The molecule has 0 bridgehead atoms. The second kappa shape index (κ2) is 3.72. The molecule has 0 spiro atoms. The predicted octanol–water partition coefficient (Wildman–Crippen LogP) is 0.348. The highest BCUT2D eigenvalue weighted by Crippen LogP contribution is 2.32. The Morgan fingerprint density at radius 1 is 1.13 bits per heavy atom. The number of aliphatic hydroxyl groups excluding tert-OH is 1. The molecule has 1 aliphatic rings. The highest BCUT2D eigenvalue weighted by Gasteiger charge is 2.36. The number of rotatable bonds is 2. The maximum atomic E-state index is 11.6. The lowest BCUT2D eigenvalue weighted by Gasteiger charge is -2.29. The van der Waals surface area contributed by atoms with Crippen molar-refractivity contribution < 1.29 is 19.8 Å². The average molecular weight is 210 g/mol. The molecule has 4 heteroatoms. The van der Waals surface area contributed by atoms with Crippen molar-refractivity contribution in [2.24, 2.45) is 5.41 Å². The molecule has 0 radical (unpaired) electrons. The molecule has 82 valence electrons. The average Bonchev–Trinajstić information content (AvgIpc) is 2.10. The van der Waals surface area contributed by atoms with E-state index in [9.17, 15) is 9.59 Å². The zero-order valence-corrected chi connectivity index (χ0v) is 8.94. The van der Waals surface area contributed by atoms with Gasteiger partial charge in [0.05, 0.1) is 0 Å². The van der Waals surface area contributed by atoms with Gasteiger partial charge in [-0.1, -0.05) is 13.8 Å². The molecule has 0 atom stereocenters. The molecule has 4 nitrogen and oxygen atoms in total. The number of allylic oxidation sites excluding steroid dienone is 3. The van der Waals surface area contributed by atoms with Gasteiger partial charge in [0.25, 0.3) is 0 Å². The van der Waals surface area contributed by atoms with Gasteiger partial charge in [0.1, 0.15) is 0 Å². The van der Waals surface area contributed by atoms with E-state index < -0.39 is 11.7 Å². The maximum Gasteiger partial charge on any atom is 0.183 e. The Morgan fingerprint density at radius 3 is 2.13 bits per heavy atom. The van der Waals surface area contributed by atoms with E-state index in [2.05, 4.69) is 0 Å². The lowest BCUT2D eigenvalue weighted by Crippen LogP contribution is -2.35. The van der Waals surface area contributed by atoms with Crippen molar-refractivity contribution in [3.8, 4) is 0 Å². The van der Waals surface area contributed by atoms with Gasteiger partial charge in [-0.05, 0) is 19.1 Å². The summed E-state index contributed by atoms with van der Waals surface area (Å²) in [7, 11) is 0. The highest BCUT2D eigenvalue weighted by molar-refractivity contribution is 6.20. The van der Waals surface area contributed by atoms with Gasteiger partial charge in [0.15, 0.2) is 17.9 Å². The fourth-order valence-electron chi connectivity index (χ4n) is 1.30. The van der Waals surface area contributed by atoms with Gasteiger partial charge < -0.3 is 10.2 Å². The molecule has 0 aromatic carbocycles. The molecule has 0 aromatic rings. The summed E-state index contributed by atoms with van der Waals surface area (Å²) < 4.78 is 0. The van der Waals surface area contributed by atoms with Crippen LogP contribution in [0.2, 0.25) is 0 Å². The van der Waals surface area contributed by atoms with Crippen LogP contribution in [0.15, 0.2) is 23.3 Å². The van der Waals surface area contributed by atoms with E-state index in [-0.39, 0.29) is 17.1 Å². The van der Waals surface area contributed by atoms with Crippen LogP contribution in [0.4, 0.5) is 0 Å². The summed E-state index contributed by atoms with van der Waals surface area (Å²) in [6.45, 7) is 4.56. The monoisotopic (exact) mass is 210 g/mol. The topological polar surface area (TPSA) is 74.6 Å². The van der Waals surface area contributed by atoms with Crippen LogP contribution in [0.5, 0.6) is 0 Å². The van der Waals surface area contributed by atoms with E-state index in [4.69, 9.17) is 10.2 Å². The lowest BCUT2D eigenvalue weighted by atomic mass is 9.78. The van der Waals surface area contributed by atoms with Gasteiger partial charge in [0.2, 0.25) is 0 Å². The van der Waals surface area contributed by atoms with Gasteiger partial charge in [-0.15, -0.1) is 0 Å². The Balaban J connectivity index is 3.14. The molecular formula is C11H14O4. The quantitative estimate of drug-likeness (QED) is 0.509. The van der Waals surface area contributed by atoms with Gasteiger partial charge >= 0.3 is 0 Å². The predicted molar refractivity (Wildman–Crippen MR) is 53.9 cm³/mol. The van der Waals surface area contributed by atoms with Crippen LogP contribution in [0.1, 0.15) is 20.8 Å². The first-order valence-electron chi connectivity index (χ1n) is 4.62. The third kappa shape index (κ3) is 2.06. The molecule has 0 heterocycles. The zero-order valence-electron chi connectivity index (χ0n) is 8.94. The van der Waals surface area contributed by atoms with Crippen LogP contribution >= 0.6 is 0 Å². The summed E-state index contributed by atoms with van der Waals surface area (Å²) in [5, 5.41) is 18.3. The van der Waals surface area contributed by atoms with Crippen molar-refractivity contribution in [1.82, 2.24) is 0 Å². The molecule has 1 aliphatic carbocycles. The molecule has 0 saturated heterocycles. The van der Waals surface area contributed by atoms with E-state index in [1.165, 1.54) is 26.0 Å². The summed E-state index contributed by atoms with van der Waals surface area (Å²) in [6, 6.07) is 0. The van der Waals surface area contributed by atoms with Gasteiger partial charge in [-0.25, -0.2) is 0 Å². The minimum atomic E-state index is -1.67. The minimum absolute atomic E-state index is 0.133. The number of carbonyl (C=O) groups excluding carboxylic acids is 2. The van der Waals surface area contributed by atoms with Crippen LogP contribution in [-0.2, 0) is 9.59 Å². The molecule has 1 rings (SSSR count). The maximum absolute atomic E-state index is 11.6.